The molecule has 8 nitrogen and oxygen atoms in total. The van der Waals surface area contributed by atoms with Crippen molar-refractivity contribution in [1.29, 1.82) is 0 Å². The van der Waals surface area contributed by atoms with Gasteiger partial charge in [-0.05, 0) is 49.7 Å². The second kappa shape index (κ2) is 10.5. The molecule has 0 radical (unpaired) electrons. The topological polar surface area (TPSA) is 135 Å². The zero-order valence-corrected chi connectivity index (χ0v) is 21.4. The molecule has 0 atom stereocenters. The van der Waals surface area contributed by atoms with Gasteiger partial charge in [0.15, 0.2) is 0 Å². The number of carboxylic acid groups (broad SMARTS) is 1. The second-order valence-electron chi connectivity index (χ2n) is 9.58. The molecule has 0 unspecified atom stereocenters. The predicted molar refractivity (Wildman–Crippen MR) is 121 cm³/mol. The smallest absolute Gasteiger partial charge is 0.450 e. The van der Waals surface area contributed by atoms with E-state index in [-0.39, 0.29) is 16.7 Å². The standard InChI is InChI=1S/C22H26F6O8S2/c23-20(24,21(25,26)37(31,32)33)22(27,28)38(34,35)36-18-16(13-7-3-1-4-8-13)11-15(19(29)30)12-17(18)14-9-5-2-6-10-14/h11-14H,1-10H2,(H,29,30)(H,31,32,33). The summed E-state index contributed by atoms with van der Waals surface area (Å²) in [5, 5.41) is -4.12. The fourth-order valence-electron chi connectivity index (χ4n) is 4.98. The van der Waals surface area contributed by atoms with Crippen molar-refractivity contribution >= 4 is 26.2 Å². The normalized spacial score (nSPS) is 19.3. The van der Waals surface area contributed by atoms with E-state index in [4.69, 9.17) is 4.55 Å². The van der Waals surface area contributed by atoms with Gasteiger partial charge in [0.25, 0.3) is 0 Å². The van der Waals surface area contributed by atoms with Crippen LogP contribution in [0.2, 0.25) is 0 Å². The Kier molecular flexibility index (Phi) is 8.41. The van der Waals surface area contributed by atoms with Crippen LogP contribution in [-0.2, 0) is 20.2 Å². The van der Waals surface area contributed by atoms with E-state index in [1.54, 1.807) is 0 Å². The molecule has 1 aromatic carbocycles. The third-order valence-corrected chi connectivity index (χ3v) is 9.22. The number of aromatic carboxylic acids is 1. The number of rotatable bonds is 9. The molecule has 0 bridgehead atoms. The Bertz CT molecular complexity index is 1230. The molecule has 0 aromatic heterocycles. The van der Waals surface area contributed by atoms with E-state index in [2.05, 4.69) is 4.18 Å². The first-order valence-corrected chi connectivity index (χ1v) is 14.7. The number of benzene rings is 1. The van der Waals surface area contributed by atoms with Crippen molar-refractivity contribution in [2.24, 2.45) is 0 Å². The molecule has 16 heteroatoms. The minimum Gasteiger partial charge on any atom is -0.478 e. The molecule has 2 aliphatic rings. The lowest BCUT2D eigenvalue weighted by Gasteiger charge is -2.32. The molecule has 2 aliphatic carbocycles. The first-order valence-electron chi connectivity index (χ1n) is 11.8. The van der Waals surface area contributed by atoms with Crippen molar-refractivity contribution in [3.63, 3.8) is 0 Å². The molecule has 0 amide bonds. The molecule has 2 saturated carbocycles. The quantitative estimate of drug-likeness (QED) is 0.205. The van der Waals surface area contributed by atoms with Crippen LogP contribution in [0.3, 0.4) is 0 Å². The summed E-state index contributed by atoms with van der Waals surface area (Å²) in [5.41, 5.74) is -0.644. The van der Waals surface area contributed by atoms with Gasteiger partial charge in [-0.15, -0.1) is 0 Å². The summed E-state index contributed by atoms with van der Waals surface area (Å²) in [7, 11) is -14.2. The van der Waals surface area contributed by atoms with Crippen molar-refractivity contribution in [1.82, 2.24) is 0 Å². The van der Waals surface area contributed by atoms with E-state index in [0.29, 0.717) is 51.4 Å². The van der Waals surface area contributed by atoms with E-state index in [9.17, 15) is 53.1 Å². The minimum absolute atomic E-state index is 0.158. The summed E-state index contributed by atoms with van der Waals surface area (Å²) >= 11 is 0. The molecule has 1 aromatic rings. The molecule has 0 saturated heterocycles. The highest BCUT2D eigenvalue weighted by Crippen LogP contribution is 2.52. The van der Waals surface area contributed by atoms with Gasteiger partial charge in [-0.1, -0.05) is 38.5 Å². The average Bonchev–Trinajstić information content (AvgIpc) is 2.83. The minimum atomic E-state index is -7.19. The van der Waals surface area contributed by atoms with Gasteiger partial charge in [0, 0.05) is 11.1 Å². The van der Waals surface area contributed by atoms with E-state index < -0.39 is 60.2 Å². The van der Waals surface area contributed by atoms with Crippen LogP contribution in [0.25, 0.3) is 0 Å². The van der Waals surface area contributed by atoms with Gasteiger partial charge in [0.1, 0.15) is 5.75 Å². The van der Waals surface area contributed by atoms with Crippen LogP contribution in [0.15, 0.2) is 12.1 Å². The summed E-state index contributed by atoms with van der Waals surface area (Å²) in [6.07, 6.45) is 5.37. The van der Waals surface area contributed by atoms with Gasteiger partial charge >= 0.3 is 42.6 Å². The van der Waals surface area contributed by atoms with Crippen molar-refractivity contribution < 1.29 is 61.8 Å². The molecule has 2 N–H and O–H groups in total. The number of hydrogen-bond donors (Lipinski definition) is 2. The third-order valence-electron chi connectivity index (χ3n) is 7.05. The van der Waals surface area contributed by atoms with E-state index >= 15 is 0 Å². The SMILES string of the molecule is O=C(O)c1cc(C2CCCCC2)c(OS(=O)(=O)C(F)(F)C(F)(F)C(F)(F)S(=O)(=O)O)c(C2CCCCC2)c1. The van der Waals surface area contributed by atoms with Crippen LogP contribution in [-0.4, -0.2) is 48.9 Å². The number of carboxylic acids is 1. The molecular formula is C22H26F6O8S2. The molecule has 2 fully saturated rings. The van der Waals surface area contributed by atoms with Crippen molar-refractivity contribution in [3.8, 4) is 5.75 Å². The number of hydrogen-bond acceptors (Lipinski definition) is 6. The Morgan fingerprint density at radius 1 is 0.763 bits per heavy atom. The Morgan fingerprint density at radius 2 is 1.16 bits per heavy atom. The molecular weight excluding hydrogens is 570 g/mol. The molecule has 0 heterocycles. The maximum absolute atomic E-state index is 14.6. The molecule has 38 heavy (non-hydrogen) atoms. The summed E-state index contributed by atoms with van der Waals surface area (Å²) in [6, 6.07) is 1.97. The number of carbonyl (C=O) groups is 1. The van der Waals surface area contributed by atoms with Crippen LogP contribution in [0.4, 0.5) is 26.3 Å². The fourth-order valence-corrected chi connectivity index (χ4v) is 6.45. The summed E-state index contributed by atoms with van der Waals surface area (Å²) in [5.74, 6) is -10.6. The lowest BCUT2D eigenvalue weighted by molar-refractivity contribution is -0.247. The van der Waals surface area contributed by atoms with E-state index in [1.165, 1.54) is 0 Å². The van der Waals surface area contributed by atoms with Gasteiger partial charge in [-0.25, -0.2) is 4.79 Å². The first-order chi connectivity index (χ1) is 17.3. The maximum Gasteiger partial charge on any atom is 0.450 e. The zero-order chi connectivity index (χ0) is 28.7. The van der Waals surface area contributed by atoms with Gasteiger partial charge in [-0.3, -0.25) is 4.55 Å². The lowest BCUT2D eigenvalue weighted by atomic mass is 9.78. The van der Waals surface area contributed by atoms with Crippen molar-refractivity contribution in [2.75, 3.05) is 0 Å². The Hall–Kier alpha value is -2.07. The van der Waals surface area contributed by atoms with Crippen molar-refractivity contribution in [2.45, 2.75) is 92.5 Å². The Labute approximate surface area is 215 Å². The summed E-state index contributed by atoms with van der Waals surface area (Å²) in [4.78, 5) is 11.8. The highest BCUT2D eigenvalue weighted by molar-refractivity contribution is 7.88. The van der Waals surface area contributed by atoms with Crippen LogP contribution in [0.5, 0.6) is 5.75 Å². The highest BCUT2D eigenvalue weighted by atomic mass is 32.2. The third kappa shape index (κ3) is 5.35. The van der Waals surface area contributed by atoms with Gasteiger partial charge < -0.3 is 9.29 Å². The molecule has 3 rings (SSSR count). The highest BCUT2D eigenvalue weighted by Gasteiger charge is 2.83. The first kappa shape index (κ1) is 30.5. The van der Waals surface area contributed by atoms with Gasteiger partial charge in [-0.2, -0.15) is 43.2 Å². The molecule has 0 spiro atoms. The zero-order valence-electron chi connectivity index (χ0n) is 19.8. The summed E-state index contributed by atoms with van der Waals surface area (Å²) in [6.45, 7) is 0. The van der Waals surface area contributed by atoms with Crippen LogP contribution in [0.1, 0.15) is 97.5 Å². The Morgan fingerprint density at radius 3 is 1.50 bits per heavy atom. The monoisotopic (exact) mass is 596 g/mol. The number of halogens is 6. The maximum atomic E-state index is 14.6. The summed E-state index contributed by atoms with van der Waals surface area (Å²) < 4.78 is 145. The average molecular weight is 597 g/mol. The fraction of sp³-hybridized carbons (Fsp3) is 0.682. The van der Waals surface area contributed by atoms with Crippen LogP contribution >= 0.6 is 0 Å². The van der Waals surface area contributed by atoms with E-state index in [1.807, 2.05) is 0 Å². The largest absolute Gasteiger partial charge is 0.478 e. The van der Waals surface area contributed by atoms with Crippen LogP contribution < -0.4 is 4.18 Å². The van der Waals surface area contributed by atoms with Crippen LogP contribution in [0, 0.1) is 0 Å². The lowest BCUT2D eigenvalue weighted by Crippen LogP contribution is -2.61. The molecule has 216 valence electrons. The predicted octanol–water partition coefficient (Wildman–Crippen LogP) is 5.90. The van der Waals surface area contributed by atoms with Crippen molar-refractivity contribution in [3.05, 3.63) is 28.8 Å². The second-order valence-corrected chi connectivity index (χ2v) is 12.6. The van der Waals surface area contributed by atoms with Gasteiger partial charge in [0.2, 0.25) is 0 Å². The van der Waals surface area contributed by atoms with E-state index in [0.717, 1.165) is 25.0 Å². The Balaban J connectivity index is 2.22. The number of alkyl halides is 6. The van der Waals surface area contributed by atoms with Gasteiger partial charge in [0.05, 0.1) is 5.56 Å². The molecule has 0 aliphatic heterocycles.